The zero-order valence-electron chi connectivity index (χ0n) is 12.2. The molecule has 0 bridgehead atoms. The van der Waals surface area contributed by atoms with Gasteiger partial charge in [-0.2, -0.15) is 0 Å². The van der Waals surface area contributed by atoms with Crippen LogP contribution in [0.2, 0.25) is 0 Å². The van der Waals surface area contributed by atoms with Crippen molar-refractivity contribution in [1.29, 1.82) is 0 Å². The first-order valence-electron chi connectivity index (χ1n) is 7.63. The van der Waals surface area contributed by atoms with E-state index < -0.39 is 0 Å². The molecule has 1 heterocycles. The molecule has 19 heavy (non-hydrogen) atoms. The topological polar surface area (TPSA) is 41.1 Å². The number of hydrogen-bond acceptors (Lipinski definition) is 4. The average Bonchev–Trinajstić information content (AvgIpc) is 2.48. The van der Waals surface area contributed by atoms with Crippen LogP contribution < -0.4 is 10.2 Å². The van der Waals surface area contributed by atoms with E-state index >= 15 is 0 Å². The molecule has 106 valence electrons. The highest BCUT2D eigenvalue weighted by Gasteiger charge is 2.21. The zero-order chi connectivity index (χ0) is 13.5. The summed E-state index contributed by atoms with van der Waals surface area (Å²) in [5.41, 5.74) is 1.16. The second-order valence-corrected chi connectivity index (χ2v) is 5.25. The lowest BCUT2D eigenvalue weighted by atomic mass is 9.94. The molecule has 4 heteroatoms. The van der Waals surface area contributed by atoms with Crippen molar-refractivity contribution in [2.45, 2.75) is 58.5 Å². The van der Waals surface area contributed by atoms with Crippen molar-refractivity contribution in [2.75, 3.05) is 18.0 Å². The normalized spacial score (nSPS) is 16.5. The lowest BCUT2D eigenvalue weighted by molar-refractivity contribution is 0.414. The van der Waals surface area contributed by atoms with Gasteiger partial charge in [0.25, 0.3) is 0 Å². The Bertz CT molecular complexity index is 357. The van der Waals surface area contributed by atoms with Crippen LogP contribution in [0, 0.1) is 0 Å². The fourth-order valence-electron chi connectivity index (χ4n) is 2.81. The van der Waals surface area contributed by atoms with Gasteiger partial charge in [0.1, 0.15) is 0 Å². The molecule has 0 saturated heterocycles. The summed E-state index contributed by atoms with van der Waals surface area (Å²) in [4.78, 5) is 11.5. The fourth-order valence-corrected chi connectivity index (χ4v) is 2.81. The van der Waals surface area contributed by atoms with Crippen molar-refractivity contribution in [3.8, 4) is 0 Å². The minimum atomic E-state index is 0.637. The quantitative estimate of drug-likeness (QED) is 0.856. The van der Waals surface area contributed by atoms with Crippen LogP contribution in [-0.4, -0.2) is 29.1 Å². The van der Waals surface area contributed by atoms with Crippen LogP contribution in [0.4, 0.5) is 5.95 Å². The Morgan fingerprint density at radius 3 is 2.42 bits per heavy atom. The number of nitrogens with one attached hydrogen (secondary N) is 1. The van der Waals surface area contributed by atoms with E-state index in [2.05, 4.69) is 34.0 Å². The highest BCUT2D eigenvalue weighted by Crippen LogP contribution is 2.24. The first kappa shape index (κ1) is 14.3. The number of aromatic nitrogens is 2. The molecule has 1 aromatic heterocycles. The first-order valence-corrected chi connectivity index (χ1v) is 7.63. The summed E-state index contributed by atoms with van der Waals surface area (Å²) >= 11 is 0. The molecule has 1 aliphatic rings. The molecule has 2 rings (SSSR count). The maximum absolute atomic E-state index is 4.55. The Kier molecular flexibility index (Phi) is 5.58. The highest BCUT2D eigenvalue weighted by atomic mass is 15.3. The van der Waals surface area contributed by atoms with Crippen molar-refractivity contribution < 1.29 is 0 Å². The zero-order valence-corrected chi connectivity index (χ0v) is 12.2. The van der Waals surface area contributed by atoms with Gasteiger partial charge in [0.15, 0.2) is 0 Å². The van der Waals surface area contributed by atoms with E-state index in [4.69, 9.17) is 0 Å². The minimum absolute atomic E-state index is 0.637. The van der Waals surface area contributed by atoms with Gasteiger partial charge in [0, 0.05) is 37.1 Å². The Labute approximate surface area is 116 Å². The third-order valence-corrected chi connectivity index (χ3v) is 3.88. The molecule has 0 amide bonds. The van der Waals surface area contributed by atoms with Gasteiger partial charge in [-0.3, -0.25) is 0 Å². The van der Waals surface area contributed by atoms with E-state index in [1.165, 1.54) is 32.1 Å². The van der Waals surface area contributed by atoms with Crippen LogP contribution in [0.1, 0.15) is 51.5 Å². The van der Waals surface area contributed by atoms with Crippen molar-refractivity contribution in [3.05, 3.63) is 18.0 Å². The molecule has 4 nitrogen and oxygen atoms in total. The maximum atomic E-state index is 4.55. The van der Waals surface area contributed by atoms with Crippen molar-refractivity contribution in [1.82, 2.24) is 15.3 Å². The molecule has 0 atom stereocenters. The summed E-state index contributed by atoms with van der Waals surface area (Å²) in [6, 6.07) is 0.637. The molecule has 1 aromatic rings. The van der Waals surface area contributed by atoms with E-state index in [-0.39, 0.29) is 0 Å². The van der Waals surface area contributed by atoms with Gasteiger partial charge in [-0.05, 0) is 26.3 Å². The van der Waals surface area contributed by atoms with Gasteiger partial charge < -0.3 is 10.2 Å². The minimum Gasteiger partial charge on any atom is -0.338 e. The predicted octanol–water partition coefficient (Wildman–Crippen LogP) is 2.75. The van der Waals surface area contributed by atoms with Crippen molar-refractivity contribution >= 4 is 5.95 Å². The van der Waals surface area contributed by atoms with Crippen LogP contribution in [0.15, 0.2) is 12.4 Å². The third-order valence-electron chi connectivity index (χ3n) is 3.88. The lowest BCUT2D eigenvalue weighted by Crippen LogP contribution is -2.37. The molecular formula is C15H26N4. The Morgan fingerprint density at radius 2 is 1.84 bits per heavy atom. The van der Waals surface area contributed by atoms with Gasteiger partial charge in [-0.25, -0.2) is 9.97 Å². The first-order chi connectivity index (χ1) is 9.35. The molecule has 0 unspecified atom stereocenters. The SMILES string of the molecule is CCNCc1cnc(N(CC)C2CCCCC2)nc1. The Hall–Kier alpha value is -1.16. The van der Waals surface area contributed by atoms with Crippen molar-refractivity contribution in [3.63, 3.8) is 0 Å². The molecule has 0 aromatic carbocycles. The third kappa shape index (κ3) is 3.90. The van der Waals surface area contributed by atoms with Crippen LogP contribution in [0.5, 0.6) is 0 Å². The summed E-state index contributed by atoms with van der Waals surface area (Å²) in [7, 11) is 0. The van der Waals surface area contributed by atoms with Gasteiger partial charge in [0.2, 0.25) is 5.95 Å². The molecule has 0 radical (unpaired) electrons. The molecule has 0 spiro atoms. The van der Waals surface area contributed by atoms with Gasteiger partial charge in [-0.15, -0.1) is 0 Å². The van der Waals surface area contributed by atoms with E-state index in [9.17, 15) is 0 Å². The van der Waals surface area contributed by atoms with E-state index in [1.54, 1.807) is 0 Å². The summed E-state index contributed by atoms with van der Waals surface area (Å²) in [5.74, 6) is 0.898. The molecule has 1 saturated carbocycles. The summed E-state index contributed by atoms with van der Waals surface area (Å²) in [5, 5.41) is 3.30. The summed E-state index contributed by atoms with van der Waals surface area (Å²) in [6.45, 7) is 7.14. The Morgan fingerprint density at radius 1 is 1.16 bits per heavy atom. The number of hydrogen-bond donors (Lipinski definition) is 1. The standard InChI is InChI=1S/C15H26N4/c1-3-16-10-13-11-17-15(18-12-13)19(4-2)14-8-6-5-7-9-14/h11-12,14,16H,3-10H2,1-2H3. The smallest absolute Gasteiger partial charge is 0.225 e. The molecule has 1 N–H and O–H groups in total. The van der Waals surface area contributed by atoms with Crippen LogP contribution >= 0.6 is 0 Å². The second-order valence-electron chi connectivity index (χ2n) is 5.25. The fraction of sp³-hybridized carbons (Fsp3) is 0.733. The number of nitrogens with zero attached hydrogens (tertiary/aromatic N) is 3. The van der Waals surface area contributed by atoms with E-state index in [0.29, 0.717) is 6.04 Å². The Balaban J connectivity index is 2.01. The van der Waals surface area contributed by atoms with Gasteiger partial charge >= 0.3 is 0 Å². The van der Waals surface area contributed by atoms with Gasteiger partial charge in [0.05, 0.1) is 0 Å². The molecular weight excluding hydrogens is 236 g/mol. The molecule has 1 fully saturated rings. The lowest BCUT2D eigenvalue weighted by Gasteiger charge is -2.33. The molecule has 0 aliphatic heterocycles. The van der Waals surface area contributed by atoms with E-state index in [0.717, 1.165) is 31.1 Å². The highest BCUT2D eigenvalue weighted by molar-refractivity contribution is 5.31. The summed E-state index contributed by atoms with van der Waals surface area (Å²) < 4.78 is 0. The van der Waals surface area contributed by atoms with Gasteiger partial charge in [-0.1, -0.05) is 26.2 Å². The average molecular weight is 262 g/mol. The van der Waals surface area contributed by atoms with Crippen LogP contribution in [-0.2, 0) is 6.54 Å². The van der Waals surface area contributed by atoms with Crippen LogP contribution in [0.25, 0.3) is 0 Å². The largest absolute Gasteiger partial charge is 0.338 e. The van der Waals surface area contributed by atoms with Crippen molar-refractivity contribution in [2.24, 2.45) is 0 Å². The molecule has 1 aliphatic carbocycles. The second kappa shape index (κ2) is 7.43. The monoisotopic (exact) mass is 262 g/mol. The number of rotatable bonds is 6. The maximum Gasteiger partial charge on any atom is 0.225 e. The van der Waals surface area contributed by atoms with Crippen LogP contribution in [0.3, 0.4) is 0 Å². The van der Waals surface area contributed by atoms with E-state index in [1.807, 2.05) is 12.4 Å². The summed E-state index contributed by atoms with van der Waals surface area (Å²) in [6.07, 6.45) is 10.6. The predicted molar refractivity (Wildman–Crippen MR) is 79.3 cm³/mol. The number of anilines is 1.